The first-order chi connectivity index (χ1) is 7.14. The van der Waals surface area contributed by atoms with Crippen LogP contribution in [0.15, 0.2) is 0 Å². The molecule has 1 rings (SSSR count). The molecule has 2 N–H and O–H groups in total. The van der Waals surface area contributed by atoms with E-state index in [1.807, 2.05) is 13.8 Å². The average molecular weight is 215 g/mol. The summed E-state index contributed by atoms with van der Waals surface area (Å²) in [4.78, 5) is 11.8. The van der Waals surface area contributed by atoms with Gasteiger partial charge in [0.1, 0.15) is 6.10 Å². The minimum Gasteiger partial charge on any atom is -0.460 e. The summed E-state index contributed by atoms with van der Waals surface area (Å²) < 4.78 is 10.5. The second-order valence-electron chi connectivity index (χ2n) is 4.21. The molecular formula is C11H21NO3. The van der Waals surface area contributed by atoms with Crippen molar-refractivity contribution in [2.45, 2.75) is 39.2 Å². The van der Waals surface area contributed by atoms with E-state index in [0.717, 1.165) is 19.3 Å². The second kappa shape index (κ2) is 5.47. The quantitative estimate of drug-likeness (QED) is 0.674. The zero-order valence-corrected chi connectivity index (χ0v) is 9.62. The molecule has 15 heavy (non-hydrogen) atoms. The molecular weight excluding hydrogens is 194 g/mol. The number of ether oxygens (including phenoxy) is 2. The summed E-state index contributed by atoms with van der Waals surface area (Å²) in [5.41, 5.74) is 5.23. The van der Waals surface area contributed by atoms with Crippen LogP contribution in [0.3, 0.4) is 0 Å². The lowest BCUT2D eigenvalue weighted by atomic mass is 9.69. The van der Waals surface area contributed by atoms with Gasteiger partial charge in [0.25, 0.3) is 0 Å². The molecule has 1 aliphatic rings. The van der Waals surface area contributed by atoms with E-state index in [1.165, 1.54) is 0 Å². The third-order valence-corrected chi connectivity index (χ3v) is 3.00. The maximum absolute atomic E-state index is 11.8. The van der Waals surface area contributed by atoms with Crippen LogP contribution in [0, 0.1) is 5.41 Å². The second-order valence-corrected chi connectivity index (χ2v) is 4.21. The summed E-state index contributed by atoms with van der Waals surface area (Å²) in [6, 6.07) is 0. The Morgan fingerprint density at radius 2 is 2.20 bits per heavy atom. The predicted molar refractivity (Wildman–Crippen MR) is 57.4 cm³/mol. The SMILES string of the molecule is CCOCC(C)OC(=O)C1(CN)CCC1. The number of hydrogen-bond donors (Lipinski definition) is 1. The Morgan fingerprint density at radius 3 is 2.60 bits per heavy atom. The summed E-state index contributed by atoms with van der Waals surface area (Å²) in [6.45, 7) is 5.26. The van der Waals surface area contributed by atoms with Gasteiger partial charge in [0.05, 0.1) is 12.0 Å². The lowest BCUT2D eigenvalue weighted by Crippen LogP contribution is -2.46. The van der Waals surface area contributed by atoms with Crippen LogP contribution in [0.1, 0.15) is 33.1 Å². The van der Waals surface area contributed by atoms with Crippen LogP contribution >= 0.6 is 0 Å². The molecule has 1 fully saturated rings. The van der Waals surface area contributed by atoms with Gasteiger partial charge in [-0.15, -0.1) is 0 Å². The Labute approximate surface area is 91.1 Å². The minimum absolute atomic E-state index is 0.150. The third kappa shape index (κ3) is 2.92. The van der Waals surface area contributed by atoms with Gasteiger partial charge in [-0.25, -0.2) is 0 Å². The normalized spacial score (nSPS) is 20.5. The summed E-state index contributed by atoms with van der Waals surface area (Å²) in [7, 11) is 0. The topological polar surface area (TPSA) is 61.5 Å². The number of esters is 1. The van der Waals surface area contributed by atoms with Crippen molar-refractivity contribution >= 4 is 5.97 Å². The third-order valence-electron chi connectivity index (χ3n) is 3.00. The van der Waals surface area contributed by atoms with Gasteiger partial charge in [0, 0.05) is 13.2 Å². The molecule has 0 aromatic rings. The fourth-order valence-electron chi connectivity index (χ4n) is 1.72. The van der Waals surface area contributed by atoms with Crippen LogP contribution in [0.5, 0.6) is 0 Å². The highest BCUT2D eigenvalue weighted by atomic mass is 16.6. The molecule has 1 saturated carbocycles. The Balaban J connectivity index is 2.34. The highest BCUT2D eigenvalue weighted by Crippen LogP contribution is 2.41. The van der Waals surface area contributed by atoms with Crippen molar-refractivity contribution in [3.05, 3.63) is 0 Å². The molecule has 4 nitrogen and oxygen atoms in total. The van der Waals surface area contributed by atoms with Crippen molar-refractivity contribution in [3.63, 3.8) is 0 Å². The van der Waals surface area contributed by atoms with E-state index < -0.39 is 0 Å². The van der Waals surface area contributed by atoms with Crippen molar-refractivity contribution in [1.29, 1.82) is 0 Å². The zero-order valence-electron chi connectivity index (χ0n) is 9.62. The van der Waals surface area contributed by atoms with Gasteiger partial charge in [-0.05, 0) is 26.7 Å². The van der Waals surface area contributed by atoms with Gasteiger partial charge in [-0.2, -0.15) is 0 Å². The largest absolute Gasteiger partial charge is 0.460 e. The fourth-order valence-corrected chi connectivity index (χ4v) is 1.72. The van der Waals surface area contributed by atoms with Gasteiger partial charge in [0.2, 0.25) is 0 Å². The van der Waals surface area contributed by atoms with E-state index in [4.69, 9.17) is 15.2 Å². The monoisotopic (exact) mass is 215 g/mol. The maximum Gasteiger partial charge on any atom is 0.313 e. The van der Waals surface area contributed by atoms with Crippen molar-refractivity contribution < 1.29 is 14.3 Å². The van der Waals surface area contributed by atoms with Crippen LogP contribution in [0.25, 0.3) is 0 Å². The van der Waals surface area contributed by atoms with Crippen molar-refractivity contribution in [3.8, 4) is 0 Å². The van der Waals surface area contributed by atoms with E-state index in [0.29, 0.717) is 19.8 Å². The van der Waals surface area contributed by atoms with Crippen molar-refractivity contribution in [2.24, 2.45) is 11.1 Å². The van der Waals surface area contributed by atoms with Gasteiger partial charge < -0.3 is 15.2 Å². The standard InChI is InChI=1S/C11H21NO3/c1-3-14-7-9(2)15-10(13)11(8-12)5-4-6-11/h9H,3-8,12H2,1-2H3. The number of carbonyl (C=O) groups excluding carboxylic acids is 1. The number of nitrogens with two attached hydrogens (primary N) is 1. The van der Waals surface area contributed by atoms with Crippen LogP contribution in [-0.2, 0) is 14.3 Å². The Kier molecular flexibility index (Phi) is 4.54. The lowest BCUT2D eigenvalue weighted by molar-refractivity contribution is -0.168. The summed E-state index contributed by atoms with van der Waals surface area (Å²) >= 11 is 0. The Morgan fingerprint density at radius 1 is 1.53 bits per heavy atom. The molecule has 88 valence electrons. The van der Waals surface area contributed by atoms with Crippen LogP contribution in [-0.4, -0.2) is 31.8 Å². The summed E-state index contributed by atoms with van der Waals surface area (Å²) in [5.74, 6) is -0.150. The van der Waals surface area contributed by atoms with Gasteiger partial charge >= 0.3 is 5.97 Å². The van der Waals surface area contributed by atoms with E-state index in [2.05, 4.69) is 0 Å². The summed E-state index contributed by atoms with van der Waals surface area (Å²) in [6.07, 6.45) is 2.63. The smallest absolute Gasteiger partial charge is 0.313 e. The van der Waals surface area contributed by atoms with Crippen LogP contribution in [0.4, 0.5) is 0 Å². The summed E-state index contributed by atoms with van der Waals surface area (Å²) in [5, 5.41) is 0. The molecule has 1 atom stereocenters. The van der Waals surface area contributed by atoms with E-state index in [9.17, 15) is 4.79 Å². The first kappa shape index (κ1) is 12.5. The van der Waals surface area contributed by atoms with E-state index >= 15 is 0 Å². The minimum atomic E-state index is -0.388. The molecule has 0 heterocycles. The highest BCUT2D eigenvalue weighted by molar-refractivity contribution is 5.78. The highest BCUT2D eigenvalue weighted by Gasteiger charge is 2.44. The molecule has 1 aliphatic carbocycles. The zero-order chi connectivity index (χ0) is 11.3. The fraction of sp³-hybridized carbons (Fsp3) is 0.909. The molecule has 0 aromatic carbocycles. The molecule has 0 amide bonds. The van der Waals surface area contributed by atoms with Crippen LogP contribution in [0.2, 0.25) is 0 Å². The first-order valence-electron chi connectivity index (χ1n) is 5.63. The number of hydrogen-bond acceptors (Lipinski definition) is 4. The molecule has 4 heteroatoms. The first-order valence-corrected chi connectivity index (χ1v) is 5.63. The van der Waals surface area contributed by atoms with Crippen molar-refractivity contribution in [1.82, 2.24) is 0 Å². The molecule has 0 aromatic heterocycles. The van der Waals surface area contributed by atoms with Gasteiger partial charge in [0.15, 0.2) is 0 Å². The predicted octanol–water partition coefficient (Wildman–Crippen LogP) is 1.08. The molecule has 0 radical (unpaired) electrons. The van der Waals surface area contributed by atoms with Crippen molar-refractivity contribution in [2.75, 3.05) is 19.8 Å². The lowest BCUT2D eigenvalue weighted by Gasteiger charge is -2.38. The number of rotatable bonds is 6. The van der Waals surface area contributed by atoms with Crippen LogP contribution < -0.4 is 5.73 Å². The Hall–Kier alpha value is -0.610. The van der Waals surface area contributed by atoms with Gasteiger partial charge in [-0.1, -0.05) is 6.42 Å². The molecule has 1 unspecified atom stereocenters. The molecule has 0 saturated heterocycles. The molecule has 0 spiro atoms. The number of carbonyl (C=O) groups is 1. The Bertz CT molecular complexity index is 208. The van der Waals surface area contributed by atoms with E-state index in [1.54, 1.807) is 0 Å². The van der Waals surface area contributed by atoms with Gasteiger partial charge in [-0.3, -0.25) is 4.79 Å². The molecule has 0 aliphatic heterocycles. The maximum atomic E-state index is 11.8. The van der Waals surface area contributed by atoms with E-state index in [-0.39, 0.29) is 17.5 Å². The molecule has 0 bridgehead atoms. The average Bonchev–Trinajstić information content (AvgIpc) is 2.13.